The van der Waals surface area contributed by atoms with Crippen molar-refractivity contribution >= 4 is 15.9 Å². The highest BCUT2D eigenvalue weighted by Gasteiger charge is 2.36. The summed E-state index contributed by atoms with van der Waals surface area (Å²) in [5.74, 6) is 0.0325. The zero-order valence-electron chi connectivity index (χ0n) is 21.5. The summed E-state index contributed by atoms with van der Waals surface area (Å²) in [6, 6.07) is 8.69. The van der Waals surface area contributed by atoms with E-state index in [1.807, 2.05) is 14.1 Å². The van der Waals surface area contributed by atoms with Crippen LogP contribution in [-0.4, -0.2) is 67.9 Å². The standard InChI is InChI=1S/C25H38N4O5S/c1-25(2,3)34-27-24(30)23(11-7-8-17-28(4)5)29(19-20-10-9-16-26-18-20)35(31,32)22-14-12-21(33-6)13-15-22/h9-10,12-16,18,23H,7-8,11,17,19H2,1-6H3,(H,27,30)/t23-/m1/s1. The van der Waals surface area contributed by atoms with Gasteiger partial charge < -0.3 is 9.64 Å². The number of rotatable bonds is 13. The molecule has 0 saturated heterocycles. The lowest BCUT2D eigenvalue weighted by Gasteiger charge is -2.31. The molecule has 0 bridgehead atoms. The summed E-state index contributed by atoms with van der Waals surface area (Å²) < 4.78 is 34.1. The molecule has 9 nitrogen and oxygen atoms in total. The molecule has 1 heterocycles. The monoisotopic (exact) mass is 506 g/mol. The SMILES string of the molecule is COc1ccc(S(=O)(=O)N(Cc2cccnc2)[C@H](CCCCN(C)C)C(=O)NOC(C)(C)C)cc1. The van der Waals surface area contributed by atoms with Gasteiger partial charge in [0.15, 0.2) is 0 Å². The lowest BCUT2D eigenvalue weighted by atomic mass is 10.1. The third-order valence-corrected chi connectivity index (χ3v) is 7.04. The van der Waals surface area contributed by atoms with Gasteiger partial charge in [-0.1, -0.05) is 12.5 Å². The third-order valence-electron chi connectivity index (χ3n) is 5.17. The Kier molecular flexibility index (Phi) is 10.6. The Morgan fingerprint density at radius 1 is 1.11 bits per heavy atom. The van der Waals surface area contributed by atoms with Crippen molar-refractivity contribution in [3.05, 3.63) is 54.4 Å². The van der Waals surface area contributed by atoms with Crippen molar-refractivity contribution in [3.8, 4) is 5.75 Å². The molecule has 0 unspecified atom stereocenters. The van der Waals surface area contributed by atoms with Crippen LogP contribution in [0.2, 0.25) is 0 Å². The van der Waals surface area contributed by atoms with E-state index < -0.39 is 27.6 Å². The van der Waals surface area contributed by atoms with Crippen LogP contribution in [0.5, 0.6) is 5.75 Å². The third kappa shape index (κ3) is 9.21. The summed E-state index contributed by atoms with van der Waals surface area (Å²) >= 11 is 0. The van der Waals surface area contributed by atoms with Crippen molar-refractivity contribution in [2.45, 2.75) is 63.1 Å². The van der Waals surface area contributed by atoms with Crippen molar-refractivity contribution in [3.63, 3.8) is 0 Å². The van der Waals surface area contributed by atoms with Crippen LogP contribution in [0.3, 0.4) is 0 Å². The second kappa shape index (κ2) is 13.0. The van der Waals surface area contributed by atoms with E-state index in [9.17, 15) is 13.2 Å². The molecule has 1 aromatic heterocycles. The molecule has 194 valence electrons. The topological polar surface area (TPSA) is 101 Å². The van der Waals surface area contributed by atoms with Crippen molar-refractivity contribution in [1.82, 2.24) is 19.7 Å². The van der Waals surface area contributed by atoms with E-state index in [1.54, 1.807) is 57.4 Å². The van der Waals surface area contributed by atoms with E-state index in [0.717, 1.165) is 13.0 Å². The highest BCUT2D eigenvalue weighted by atomic mass is 32.2. The highest BCUT2D eigenvalue weighted by molar-refractivity contribution is 7.89. The fourth-order valence-corrected chi connectivity index (χ4v) is 4.97. The smallest absolute Gasteiger partial charge is 0.262 e. The predicted molar refractivity (Wildman–Crippen MR) is 135 cm³/mol. The molecule has 0 aliphatic heterocycles. The lowest BCUT2D eigenvalue weighted by molar-refractivity contribution is -0.149. The van der Waals surface area contributed by atoms with Gasteiger partial charge in [0.2, 0.25) is 10.0 Å². The summed E-state index contributed by atoms with van der Waals surface area (Å²) in [6.45, 7) is 6.24. The molecule has 1 amide bonds. The number of carbonyl (C=O) groups is 1. The zero-order chi connectivity index (χ0) is 26.1. The van der Waals surface area contributed by atoms with E-state index in [-0.39, 0.29) is 11.4 Å². The summed E-state index contributed by atoms with van der Waals surface area (Å²) in [5.41, 5.74) is 2.53. The quantitative estimate of drug-likeness (QED) is 0.329. The van der Waals surface area contributed by atoms with Gasteiger partial charge in [-0.3, -0.25) is 14.6 Å². The molecule has 2 aromatic rings. The van der Waals surface area contributed by atoms with Crippen molar-refractivity contribution < 1.29 is 22.8 Å². The van der Waals surface area contributed by atoms with Crippen LogP contribution >= 0.6 is 0 Å². The molecule has 0 fully saturated rings. The molecule has 1 N–H and O–H groups in total. The summed E-state index contributed by atoms with van der Waals surface area (Å²) in [5, 5.41) is 0. The first-order valence-corrected chi connectivity index (χ1v) is 13.1. The second-order valence-corrected chi connectivity index (χ2v) is 11.5. The molecule has 0 saturated carbocycles. The summed E-state index contributed by atoms with van der Waals surface area (Å²) in [4.78, 5) is 25.1. The first-order valence-electron chi connectivity index (χ1n) is 11.6. The van der Waals surface area contributed by atoms with E-state index >= 15 is 0 Å². The van der Waals surface area contributed by atoms with Crippen molar-refractivity contribution in [2.24, 2.45) is 0 Å². The Hall–Kier alpha value is -2.53. The molecule has 0 aliphatic rings. The first kappa shape index (κ1) is 28.7. The minimum Gasteiger partial charge on any atom is -0.497 e. The average molecular weight is 507 g/mol. The Morgan fingerprint density at radius 2 is 1.80 bits per heavy atom. The van der Waals surface area contributed by atoms with Gasteiger partial charge in [-0.15, -0.1) is 0 Å². The number of benzene rings is 1. The van der Waals surface area contributed by atoms with Gasteiger partial charge in [-0.05, 0) is 90.1 Å². The fraction of sp³-hybridized carbons (Fsp3) is 0.520. The number of amides is 1. The maximum atomic E-state index is 13.9. The lowest BCUT2D eigenvalue weighted by Crippen LogP contribution is -2.50. The van der Waals surface area contributed by atoms with E-state index in [1.165, 1.54) is 23.5 Å². The molecule has 2 rings (SSSR count). The van der Waals surface area contributed by atoms with E-state index in [0.29, 0.717) is 24.2 Å². The van der Waals surface area contributed by atoms with Crippen molar-refractivity contribution in [1.29, 1.82) is 0 Å². The number of ether oxygens (including phenoxy) is 1. The number of pyridine rings is 1. The van der Waals surface area contributed by atoms with Crippen LogP contribution in [0.15, 0.2) is 53.7 Å². The number of carbonyl (C=O) groups excluding carboxylic acids is 1. The molecule has 35 heavy (non-hydrogen) atoms. The molecule has 1 aromatic carbocycles. The van der Waals surface area contributed by atoms with Crippen LogP contribution in [-0.2, 0) is 26.2 Å². The Labute approximate surface area is 209 Å². The van der Waals surface area contributed by atoms with Crippen LogP contribution < -0.4 is 10.2 Å². The van der Waals surface area contributed by atoms with E-state index in [4.69, 9.17) is 9.57 Å². The molecular weight excluding hydrogens is 468 g/mol. The number of sulfonamides is 1. The summed E-state index contributed by atoms with van der Waals surface area (Å²) in [6.07, 6.45) is 5.04. The number of nitrogens with zero attached hydrogens (tertiary/aromatic N) is 3. The Balaban J connectivity index is 2.45. The average Bonchev–Trinajstić information content (AvgIpc) is 2.81. The van der Waals surface area contributed by atoms with Gasteiger partial charge in [0.1, 0.15) is 11.8 Å². The number of hydrogen-bond donors (Lipinski definition) is 1. The maximum absolute atomic E-state index is 13.9. The normalized spacial score (nSPS) is 13.1. The maximum Gasteiger partial charge on any atom is 0.262 e. The number of nitrogens with one attached hydrogen (secondary N) is 1. The Bertz CT molecular complexity index is 1020. The van der Waals surface area contributed by atoms with E-state index in [2.05, 4.69) is 15.4 Å². The van der Waals surface area contributed by atoms with Gasteiger partial charge in [-0.25, -0.2) is 13.9 Å². The second-order valence-electron chi connectivity index (χ2n) is 9.58. The van der Waals surface area contributed by atoms with Crippen LogP contribution in [0.25, 0.3) is 0 Å². The Morgan fingerprint density at radius 3 is 2.34 bits per heavy atom. The zero-order valence-corrected chi connectivity index (χ0v) is 22.3. The van der Waals surface area contributed by atoms with Gasteiger partial charge in [0, 0.05) is 18.9 Å². The highest BCUT2D eigenvalue weighted by Crippen LogP contribution is 2.25. The molecular formula is C25H38N4O5S. The van der Waals surface area contributed by atoms with Gasteiger partial charge in [-0.2, -0.15) is 4.31 Å². The molecule has 0 radical (unpaired) electrons. The largest absolute Gasteiger partial charge is 0.497 e. The van der Waals surface area contributed by atoms with Gasteiger partial charge in [0.25, 0.3) is 5.91 Å². The predicted octanol–water partition coefficient (Wildman–Crippen LogP) is 3.23. The fourth-order valence-electron chi connectivity index (χ4n) is 3.36. The number of unbranched alkanes of at least 4 members (excludes halogenated alkanes) is 1. The number of aromatic nitrogens is 1. The number of hydroxylamine groups is 1. The minimum atomic E-state index is -4.05. The molecule has 1 atom stereocenters. The molecule has 10 heteroatoms. The first-order chi connectivity index (χ1) is 16.4. The van der Waals surface area contributed by atoms with Gasteiger partial charge in [0.05, 0.1) is 17.6 Å². The number of methoxy groups -OCH3 is 1. The number of hydrogen-bond acceptors (Lipinski definition) is 7. The van der Waals surface area contributed by atoms with Gasteiger partial charge >= 0.3 is 0 Å². The minimum absolute atomic E-state index is 0.0104. The van der Waals surface area contributed by atoms with Crippen LogP contribution in [0.1, 0.15) is 45.6 Å². The van der Waals surface area contributed by atoms with Crippen LogP contribution in [0, 0.1) is 0 Å². The van der Waals surface area contributed by atoms with Crippen molar-refractivity contribution in [2.75, 3.05) is 27.7 Å². The summed E-state index contributed by atoms with van der Waals surface area (Å²) in [7, 11) is 1.42. The molecule has 0 spiro atoms. The molecule has 0 aliphatic carbocycles. The van der Waals surface area contributed by atoms with Crippen LogP contribution in [0.4, 0.5) is 0 Å².